The lowest BCUT2D eigenvalue weighted by Crippen LogP contribution is -2.35. The van der Waals surface area contributed by atoms with Gasteiger partial charge in [0.2, 0.25) is 11.2 Å². The van der Waals surface area contributed by atoms with E-state index in [4.69, 9.17) is 9.15 Å². The van der Waals surface area contributed by atoms with Crippen LogP contribution in [-0.4, -0.2) is 11.9 Å². The smallest absolute Gasteiger partial charge is 0.287 e. The van der Waals surface area contributed by atoms with Crippen molar-refractivity contribution in [2.24, 2.45) is 0 Å². The summed E-state index contributed by atoms with van der Waals surface area (Å²) in [5.74, 6) is -0.192. The standard InChI is InChI=1S/C21H25NO4/c23-18-13-19(21(24)22-17-11-7-2-1-3-8-12-17)26-15-20(18)25-14-16-9-5-4-6-10-16/h4-6,9-10,13,15,17H,1-3,7-8,11-12,14H2,(H,22,24). The average molecular weight is 355 g/mol. The van der Waals surface area contributed by atoms with E-state index in [1.54, 1.807) is 0 Å². The van der Waals surface area contributed by atoms with Gasteiger partial charge in [0, 0.05) is 12.1 Å². The molecule has 1 aromatic carbocycles. The minimum atomic E-state index is -0.352. The third kappa shape index (κ3) is 5.22. The SMILES string of the molecule is O=C(NC1CCCCCCC1)c1cc(=O)c(OCc2ccccc2)co1. The van der Waals surface area contributed by atoms with Crippen LogP contribution in [0, 0.1) is 0 Å². The van der Waals surface area contributed by atoms with Gasteiger partial charge >= 0.3 is 0 Å². The van der Waals surface area contributed by atoms with Crippen molar-refractivity contribution >= 4 is 5.91 Å². The molecule has 1 fully saturated rings. The van der Waals surface area contributed by atoms with Gasteiger partial charge in [-0.15, -0.1) is 0 Å². The third-order valence-electron chi connectivity index (χ3n) is 4.70. The first-order valence-corrected chi connectivity index (χ1v) is 9.33. The number of rotatable bonds is 5. The number of carbonyl (C=O) groups is 1. The van der Waals surface area contributed by atoms with Crippen molar-refractivity contribution in [2.75, 3.05) is 0 Å². The fourth-order valence-corrected chi connectivity index (χ4v) is 3.22. The number of nitrogens with one attached hydrogen (secondary N) is 1. The molecule has 1 amide bonds. The van der Waals surface area contributed by atoms with E-state index >= 15 is 0 Å². The summed E-state index contributed by atoms with van der Waals surface area (Å²) in [6.45, 7) is 0.277. The summed E-state index contributed by atoms with van der Waals surface area (Å²) in [5, 5.41) is 3.00. The molecule has 26 heavy (non-hydrogen) atoms. The number of amides is 1. The van der Waals surface area contributed by atoms with Gasteiger partial charge in [0.25, 0.3) is 5.91 Å². The van der Waals surface area contributed by atoms with Crippen molar-refractivity contribution < 1.29 is 13.9 Å². The first-order chi connectivity index (χ1) is 12.7. The van der Waals surface area contributed by atoms with E-state index in [0.717, 1.165) is 31.2 Å². The van der Waals surface area contributed by atoms with E-state index in [0.29, 0.717) is 0 Å². The van der Waals surface area contributed by atoms with Crippen LogP contribution in [0.4, 0.5) is 0 Å². The molecule has 0 radical (unpaired) electrons. The minimum Gasteiger partial charge on any atom is -0.482 e. The molecule has 3 rings (SSSR count). The van der Waals surface area contributed by atoms with Crippen LogP contribution in [-0.2, 0) is 6.61 Å². The molecule has 2 aromatic rings. The van der Waals surface area contributed by atoms with Gasteiger partial charge in [-0.25, -0.2) is 0 Å². The van der Waals surface area contributed by atoms with Gasteiger partial charge in [-0.3, -0.25) is 9.59 Å². The highest BCUT2D eigenvalue weighted by molar-refractivity contribution is 5.91. The summed E-state index contributed by atoms with van der Waals surface area (Å²) in [4.78, 5) is 24.6. The lowest BCUT2D eigenvalue weighted by atomic mass is 9.96. The van der Waals surface area contributed by atoms with Crippen molar-refractivity contribution in [1.82, 2.24) is 5.32 Å². The molecule has 5 heteroatoms. The number of ether oxygens (including phenoxy) is 1. The Bertz CT molecular complexity index is 761. The molecule has 0 bridgehead atoms. The second kappa shape index (κ2) is 9.22. The molecule has 138 valence electrons. The predicted octanol–water partition coefficient (Wildman–Crippen LogP) is 4.06. The normalized spacial score (nSPS) is 15.7. The van der Waals surface area contributed by atoms with Crippen molar-refractivity contribution in [3.63, 3.8) is 0 Å². The van der Waals surface area contributed by atoms with E-state index in [-0.39, 0.29) is 35.5 Å². The molecular weight excluding hydrogens is 330 g/mol. The molecule has 5 nitrogen and oxygen atoms in total. The predicted molar refractivity (Wildman–Crippen MR) is 99.3 cm³/mol. The van der Waals surface area contributed by atoms with Crippen LogP contribution in [0.25, 0.3) is 0 Å². The first-order valence-electron chi connectivity index (χ1n) is 9.33. The monoisotopic (exact) mass is 355 g/mol. The van der Waals surface area contributed by atoms with Gasteiger partial charge in [0.05, 0.1) is 0 Å². The Morgan fingerprint density at radius 2 is 1.77 bits per heavy atom. The maximum Gasteiger partial charge on any atom is 0.287 e. The minimum absolute atomic E-state index is 0.0316. The maximum atomic E-state index is 12.4. The molecule has 0 atom stereocenters. The summed E-state index contributed by atoms with van der Waals surface area (Å²) in [6, 6.07) is 10.9. The van der Waals surface area contributed by atoms with Crippen LogP contribution < -0.4 is 15.5 Å². The van der Waals surface area contributed by atoms with Gasteiger partial charge in [0.15, 0.2) is 5.76 Å². The lowest BCUT2D eigenvalue weighted by molar-refractivity contribution is 0.0899. The zero-order valence-electron chi connectivity index (χ0n) is 14.9. The Balaban J connectivity index is 1.59. The molecular formula is C21H25NO4. The molecule has 0 unspecified atom stereocenters. The molecule has 1 N–H and O–H groups in total. The van der Waals surface area contributed by atoms with Crippen LogP contribution >= 0.6 is 0 Å². The summed E-state index contributed by atoms with van der Waals surface area (Å²) >= 11 is 0. The van der Waals surface area contributed by atoms with Crippen LogP contribution in [0.15, 0.2) is 51.9 Å². The molecule has 0 saturated heterocycles. The van der Waals surface area contributed by atoms with Crippen molar-refractivity contribution in [2.45, 2.75) is 57.6 Å². The fourth-order valence-electron chi connectivity index (χ4n) is 3.22. The van der Waals surface area contributed by atoms with E-state index in [1.165, 1.54) is 31.6 Å². The fraction of sp³-hybridized carbons (Fsp3) is 0.429. The highest BCUT2D eigenvalue weighted by Crippen LogP contribution is 2.17. The maximum absolute atomic E-state index is 12.4. The van der Waals surface area contributed by atoms with Gasteiger partial charge in [-0.1, -0.05) is 62.4 Å². The second-order valence-corrected chi connectivity index (χ2v) is 6.76. The van der Waals surface area contributed by atoms with Crippen LogP contribution in [0.3, 0.4) is 0 Å². The van der Waals surface area contributed by atoms with E-state index in [9.17, 15) is 9.59 Å². The van der Waals surface area contributed by atoms with Gasteiger partial charge < -0.3 is 14.5 Å². The zero-order valence-corrected chi connectivity index (χ0v) is 14.9. The average Bonchev–Trinajstić information content (AvgIpc) is 2.63. The van der Waals surface area contributed by atoms with Crippen LogP contribution in [0.2, 0.25) is 0 Å². The third-order valence-corrected chi connectivity index (χ3v) is 4.70. The van der Waals surface area contributed by atoms with E-state index in [1.807, 2.05) is 30.3 Å². The molecule has 1 aliphatic carbocycles. The Morgan fingerprint density at radius 3 is 2.46 bits per heavy atom. The van der Waals surface area contributed by atoms with E-state index < -0.39 is 0 Å². The van der Waals surface area contributed by atoms with Crippen molar-refractivity contribution in [1.29, 1.82) is 0 Å². The van der Waals surface area contributed by atoms with Gasteiger partial charge in [0.1, 0.15) is 12.9 Å². The Hall–Kier alpha value is -2.56. The molecule has 1 aromatic heterocycles. The molecule has 1 heterocycles. The number of benzene rings is 1. The highest BCUT2D eigenvalue weighted by Gasteiger charge is 2.18. The van der Waals surface area contributed by atoms with Crippen molar-refractivity contribution in [3.05, 3.63) is 64.2 Å². The van der Waals surface area contributed by atoms with Gasteiger partial charge in [-0.2, -0.15) is 0 Å². The van der Waals surface area contributed by atoms with Crippen LogP contribution in [0.1, 0.15) is 61.1 Å². The first kappa shape index (κ1) is 18.2. The largest absolute Gasteiger partial charge is 0.482 e. The van der Waals surface area contributed by atoms with E-state index in [2.05, 4.69) is 5.32 Å². The second-order valence-electron chi connectivity index (χ2n) is 6.76. The number of carbonyl (C=O) groups excluding carboxylic acids is 1. The summed E-state index contributed by atoms with van der Waals surface area (Å²) in [5.41, 5.74) is 0.605. The summed E-state index contributed by atoms with van der Waals surface area (Å²) < 4.78 is 10.8. The van der Waals surface area contributed by atoms with Gasteiger partial charge in [-0.05, 0) is 18.4 Å². The summed E-state index contributed by atoms with van der Waals surface area (Å²) in [6.07, 6.45) is 9.15. The lowest BCUT2D eigenvalue weighted by Gasteiger charge is -2.20. The number of hydrogen-bond acceptors (Lipinski definition) is 4. The molecule has 1 saturated carbocycles. The molecule has 0 spiro atoms. The zero-order chi connectivity index (χ0) is 18.2. The van der Waals surface area contributed by atoms with Crippen LogP contribution in [0.5, 0.6) is 5.75 Å². The topological polar surface area (TPSA) is 68.5 Å². The number of hydrogen-bond donors (Lipinski definition) is 1. The quantitative estimate of drug-likeness (QED) is 0.878. The van der Waals surface area contributed by atoms with Crippen molar-refractivity contribution in [3.8, 4) is 5.75 Å². The Kier molecular flexibility index (Phi) is 6.47. The Morgan fingerprint density at radius 1 is 1.08 bits per heavy atom. The molecule has 0 aliphatic heterocycles. The summed E-state index contributed by atoms with van der Waals surface area (Å²) in [7, 11) is 0. The highest BCUT2D eigenvalue weighted by atomic mass is 16.5. The molecule has 1 aliphatic rings. The Labute approximate surface area is 153 Å².